The molecule has 3 nitrogen and oxygen atoms in total. The molecule has 4 heteroatoms. The van der Waals surface area contributed by atoms with Crippen molar-refractivity contribution in [2.75, 3.05) is 5.75 Å². The lowest BCUT2D eigenvalue weighted by Gasteiger charge is -2.32. The van der Waals surface area contributed by atoms with Crippen LogP contribution in [-0.4, -0.2) is 28.4 Å². The Bertz CT molecular complexity index is 577. The normalized spacial score (nSPS) is 16.0. The number of hydrogen-bond donors (Lipinski definition) is 0. The summed E-state index contributed by atoms with van der Waals surface area (Å²) in [6.45, 7) is 3.55. The molecular weight excluding hydrogens is 318 g/mol. The molecule has 1 saturated carbocycles. The number of ketones is 1. The van der Waals surface area contributed by atoms with Crippen molar-refractivity contribution in [3.05, 3.63) is 42.1 Å². The quantitative estimate of drug-likeness (QED) is 0.525. The van der Waals surface area contributed by atoms with Crippen LogP contribution in [0.1, 0.15) is 52.4 Å². The monoisotopic (exact) mass is 345 g/mol. The fraction of sp³-hybridized carbons (Fsp3) is 0.500. The van der Waals surface area contributed by atoms with Crippen LogP contribution in [0, 0.1) is 0 Å². The molecule has 1 aromatic rings. The highest BCUT2D eigenvalue weighted by Crippen LogP contribution is 2.25. The third-order valence-electron chi connectivity index (χ3n) is 4.23. The van der Waals surface area contributed by atoms with E-state index in [4.69, 9.17) is 0 Å². The number of thioether (sulfide) groups is 1. The largest absolute Gasteiger partial charge is 0.316 e. The van der Waals surface area contributed by atoms with Crippen molar-refractivity contribution in [1.29, 1.82) is 0 Å². The molecule has 1 amide bonds. The second-order valence-electron chi connectivity index (χ2n) is 6.55. The third kappa shape index (κ3) is 6.16. The molecule has 0 saturated heterocycles. The number of benzene rings is 1. The number of amides is 1. The van der Waals surface area contributed by atoms with Gasteiger partial charge in [0.25, 0.3) is 0 Å². The number of hydrogen-bond acceptors (Lipinski definition) is 3. The van der Waals surface area contributed by atoms with Gasteiger partial charge in [-0.15, -0.1) is 11.8 Å². The van der Waals surface area contributed by atoms with Gasteiger partial charge in [-0.2, -0.15) is 0 Å². The van der Waals surface area contributed by atoms with E-state index < -0.39 is 0 Å². The van der Waals surface area contributed by atoms with Crippen LogP contribution in [0.4, 0.5) is 0 Å². The minimum absolute atomic E-state index is 0.00606. The van der Waals surface area contributed by atoms with E-state index in [2.05, 4.69) is 19.1 Å². The van der Waals surface area contributed by atoms with Gasteiger partial charge in [0.1, 0.15) is 5.78 Å². The van der Waals surface area contributed by atoms with Crippen molar-refractivity contribution < 1.29 is 9.59 Å². The smallest absolute Gasteiger partial charge is 0.234 e. The Labute approximate surface area is 149 Å². The van der Waals surface area contributed by atoms with Crippen LogP contribution in [0.15, 0.2) is 47.0 Å². The molecule has 1 aliphatic carbocycles. The van der Waals surface area contributed by atoms with E-state index in [0.29, 0.717) is 0 Å². The lowest BCUT2D eigenvalue weighted by molar-refractivity contribution is -0.134. The third-order valence-corrected chi connectivity index (χ3v) is 5.43. The summed E-state index contributed by atoms with van der Waals surface area (Å²) in [6.07, 6.45) is 7.65. The van der Waals surface area contributed by atoms with Gasteiger partial charge in [-0.05, 0) is 44.4 Å². The van der Waals surface area contributed by atoms with Gasteiger partial charge in [-0.1, -0.05) is 37.5 Å². The molecule has 0 N–H and O–H groups in total. The molecule has 0 aromatic heterocycles. The second kappa shape index (κ2) is 9.67. The highest BCUT2D eigenvalue weighted by Gasteiger charge is 2.24. The molecule has 2 rings (SSSR count). The van der Waals surface area contributed by atoms with Crippen LogP contribution in [0.2, 0.25) is 0 Å². The van der Waals surface area contributed by atoms with Crippen LogP contribution in [0.5, 0.6) is 0 Å². The van der Waals surface area contributed by atoms with Gasteiger partial charge >= 0.3 is 0 Å². The number of carbonyl (C=O) groups is 2. The van der Waals surface area contributed by atoms with Gasteiger partial charge in [-0.25, -0.2) is 0 Å². The Balaban J connectivity index is 2.04. The van der Waals surface area contributed by atoms with Crippen LogP contribution in [-0.2, 0) is 9.59 Å². The van der Waals surface area contributed by atoms with E-state index in [1.54, 1.807) is 11.8 Å². The van der Waals surface area contributed by atoms with Crippen molar-refractivity contribution in [2.45, 2.75) is 63.3 Å². The first-order chi connectivity index (χ1) is 11.6. The predicted molar refractivity (Wildman–Crippen MR) is 99.9 cm³/mol. The molecule has 0 bridgehead atoms. The second-order valence-corrected chi connectivity index (χ2v) is 7.60. The first-order valence-corrected chi connectivity index (χ1v) is 9.70. The summed E-state index contributed by atoms with van der Waals surface area (Å²) < 4.78 is 0. The topological polar surface area (TPSA) is 37.4 Å². The van der Waals surface area contributed by atoms with Crippen LogP contribution in [0.25, 0.3) is 0 Å². The van der Waals surface area contributed by atoms with E-state index in [1.165, 1.54) is 31.1 Å². The fourth-order valence-electron chi connectivity index (χ4n) is 3.03. The van der Waals surface area contributed by atoms with Gasteiger partial charge in [0, 0.05) is 22.9 Å². The SMILES string of the molecule is CC(=O)CC(=O)N(/C=C(\C)CSc1ccccc1)C1CCCCC1. The maximum absolute atomic E-state index is 12.5. The number of carbonyl (C=O) groups excluding carboxylic acids is 2. The Morgan fingerprint density at radius 3 is 2.42 bits per heavy atom. The Hall–Kier alpha value is -1.55. The van der Waals surface area contributed by atoms with Crippen molar-refractivity contribution >= 4 is 23.5 Å². The average molecular weight is 346 g/mol. The summed E-state index contributed by atoms with van der Waals surface area (Å²) in [6, 6.07) is 10.5. The summed E-state index contributed by atoms with van der Waals surface area (Å²) in [5, 5.41) is 0. The summed E-state index contributed by atoms with van der Waals surface area (Å²) >= 11 is 1.77. The zero-order chi connectivity index (χ0) is 17.4. The zero-order valence-corrected chi connectivity index (χ0v) is 15.5. The predicted octanol–water partition coefficient (Wildman–Crippen LogP) is 4.82. The summed E-state index contributed by atoms with van der Waals surface area (Å²) in [4.78, 5) is 27.0. The minimum atomic E-state index is -0.0643. The lowest BCUT2D eigenvalue weighted by atomic mass is 9.94. The van der Waals surface area contributed by atoms with E-state index in [9.17, 15) is 9.59 Å². The summed E-state index contributed by atoms with van der Waals surface area (Å²) in [5.41, 5.74) is 1.16. The van der Waals surface area contributed by atoms with Crippen molar-refractivity contribution in [2.24, 2.45) is 0 Å². The van der Waals surface area contributed by atoms with E-state index >= 15 is 0 Å². The van der Waals surface area contributed by atoms with Crippen LogP contribution < -0.4 is 0 Å². The molecular formula is C20H27NO2S. The van der Waals surface area contributed by atoms with E-state index in [0.717, 1.165) is 24.2 Å². The number of Topliss-reactive ketones (excluding diaryl/α,β-unsaturated/α-hetero) is 1. The van der Waals surface area contributed by atoms with Crippen molar-refractivity contribution in [1.82, 2.24) is 4.90 Å². The highest BCUT2D eigenvalue weighted by molar-refractivity contribution is 7.99. The Morgan fingerprint density at radius 2 is 1.79 bits per heavy atom. The minimum Gasteiger partial charge on any atom is -0.316 e. The maximum atomic E-state index is 12.5. The zero-order valence-electron chi connectivity index (χ0n) is 14.7. The summed E-state index contributed by atoms with van der Waals surface area (Å²) in [5.74, 6) is 0.726. The molecule has 0 radical (unpaired) electrons. The highest BCUT2D eigenvalue weighted by atomic mass is 32.2. The Morgan fingerprint density at radius 1 is 1.12 bits per heavy atom. The molecule has 0 heterocycles. The van der Waals surface area contributed by atoms with Crippen molar-refractivity contribution in [3.8, 4) is 0 Å². The maximum Gasteiger partial charge on any atom is 0.234 e. The van der Waals surface area contributed by atoms with Gasteiger partial charge in [0.15, 0.2) is 0 Å². The van der Waals surface area contributed by atoms with E-state index in [1.807, 2.05) is 29.3 Å². The van der Waals surface area contributed by atoms with Gasteiger partial charge < -0.3 is 4.90 Å². The molecule has 1 fully saturated rings. The molecule has 1 aromatic carbocycles. The Kier molecular flexibility index (Phi) is 7.57. The molecule has 24 heavy (non-hydrogen) atoms. The number of nitrogens with zero attached hydrogens (tertiary/aromatic N) is 1. The first kappa shape index (κ1) is 18.8. The molecule has 130 valence electrons. The standard InChI is InChI=1S/C20H27NO2S/c1-16(15-24-19-11-7-4-8-12-19)14-21(20(23)13-17(2)22)18-9-5-3-6-10-18/h4,7-8,11-12,14,18H,3,5-6,9-10,13,15H2,1-2H3/b16-14+. The summed E-state index contributed by atoms with van der Waals surface area (Å²) in [7, 11) is 0. The molecule has 1 aliphatic rings. The molecule has 0 unspecified atom stereocenters. The van der Waals surface area contributed by atoms with Crippen LogP contribution >= 0.6 is 11.8 Å². The van der Waals surface area contributed by atoms with E-state index in [-0.39, 0.29) is 24.2 Å². The molecule has 0 aliphatic heterocycles. The lowest BCUT2D eigenvalue weighted by Crippen LogP contribution is -2.38. The van der Waals surface area contributed by atoms with Gasteiger partial charge in [0.05, 0.1) is 6.42 Å². The van der Waals surface area contributed by atoms with Gasteiger partial charge in [0.2, 0.25) is 5.91 Å². The number of rotatable bonds is 7. The first-order valence-electron chi connectivity index (χ1n) is 8.72. The van der Waals surface area contributed by atoms with Crippen molar-refractivity contribution in [3.63, 3.8) is 0 Å². The molecule has 0 spiro atoms. The van der Waals surface area contributed by atoms with Gasteiger partial charge in [-0.3, -0.25) is 9.59 Å². The fourth-order valence-corrected chi connectivity index (χ4v) is 3.85. The average Bonchev–Trinajstić information content (AvgIpc) is 2.59. The van der Waals surface area contributed by atoms with Crippen LogP contribution in [0.3, 0.4) is 0 Å². The molecule has 0 atom stereocenters.